The second kappa shape index (κ2) is 5.81. The zero-order valence-corrected chi connectivity index (χ0v) is 12.1. The summed E-state index contributed by atoms with van der Waals surface area (Å²) in [5.74, 6) is -0.0756. The Morgan fingerprint density at radius 2 is 2.30 bits per heavy atom. The van der Waals surface area contributed by atoms with Crippen LogP contribution in [0.4, 0.5) is 11.4 Å². The molecule has 0 spiro atoms. The average Bonchev–Trinajstić information content (AvgIpc) is 2.36. The number of nitrogens with two attached hydrogens (primary N) is 1. The number of anilines is 2. The van der Waals surface area contributed by atoms with E-state index in [9.17, 15) is 9.90 Å². The molecule has 1 aliphatic heterocycles. The molecule has 0 aliphatic carbocycles. The highest BCUT2D eigenvalue weighted by Crippen LogP contribution is 2.22. The Hall–Kier alpha value is -1.59. The number of likely N-dealkylation sites (tertiary alicyclic amines) is 1. The first-order chi connectivity index (χ1) is 9.37. The second-order valence-corrected chi connectivity index (χ2v) is 5.86. The number of carbonyl (C=O) groups excluding carboxylic acids is 1. The number of nitrogens with zero attached hydrogens (tertiary/aromatic N) is 1. The molecule has 0 bridgehead atoms. The highest BCUT2D eigenvalue weighted by atomic mass is 16.3. The SMILES string of the molecule is CC(C(=O)Nc1cccc(N)c1)N1CCCC(C)(O)C1. The number of aliphatic hydroxyl groups is 1. The molecular formula is C15H23N3O2. The number of β-amino-alcohol motifs (C(OH)–C–C–N with tert-alkyl or cyclic N) is 1. The fraction of sp³-hybridized carbons (Fsp3) is 0.533. The van der Waals surface area contributed by atoms with Crippen molar-refractivity contribution < 1.29 is 9.90 Å². The summed E-state index contributed by atoms with van der Waals surface area (Å²) in [4.78, 5) is 14.3. The van der Waals surface area contributed by atoms with Crippen molar-refractivity contribution in [1.82, 2.24) is 4.90 Å². The van der Waals surface area contributed by atoms with E-state index in [0.717, 1.165) is 19.4 Å². The molecule has 2 rings (SSSR count). The van der Waals surface area contributed by atoms with Gasteiger partial charge in [0.25, 0.3) is 0 Å². The van der Waals surface area contributed by atoms with E-state index in [-0.39, 0.29) is 11.9 Å². The lowest BCUT2D eigenvalue weighted by molar-refractivity contribution is -0.123. The summed E-state index contributed by atoms with van der Waals surface area (Å²) < 4.78 is 0. The molecule has 5 heteroatoms. The van der Waals surface area contributed by atoms with Crippen LogP contribution in [0.15, 0.2) is 24.3 Å². The van der Waals surface area contributed by atoms with Crippen molar-refractivity contribution in [2.75, 3.05) is 24.1 Å². The molecule has 1 aromatic rings. The van der Waals surface area contributed by atoms with Gasteiger partial charge >= 0.3 is 0 Å². The first-order valence-corrected chi connectivity index (χ1v) is 7.00. The molecule has 1 heterocycles. The van der Waals surface area contributed by atoms with Gasteiger partial charge in [0, 0.05) is 17.9 Å². The molecule has 1 aliphatic rings. The van der Waals surface area contributed by atoms with Crippen molar-refractivity contribution in [3.05, 3.63) is 24.3 Å². The molecule has 0 saturated carbocycles. The Morgan fingerprint density at radius 1 is 1.55 bits per heavy atom. The fourth-order valence-electron chi connectivity index (χ4n) is 2.62. The Kier molecular flexibility index (Phi) is 4.30. The fourth-order valence-corrected chi connectivity index (χ4v) is 2.62. The van der Waals surface area contributed by atoms with E-state index in [0.29, 0.717) is 17.9 Å². The molecule has 0 radical (unpaired) electrons. The van der Waals surface area contributed by atoms with Gasteiger partial charge in [-0.3, -0.25) is 9.69 Å². The maximum absolute atomic E-state index is 12.3. The van der Waals surface area contributed by atoms with Gasteiger partial charge in [-0.1, -0.05) is 6.07 Å². The van der Waals surface area contributed by atoms with Crippen molar-refractivity contribution in [2.24, 2.45) is 0 Å². The van der Waals surface area contributed by atoms with Gasteiger partial charge in [-0.05, 0) is 51.4 Å². The van der Waals surface area contributed by atoms with Crippen LogP contribution in [-0.4, -0.2) is 40.6 Å². The number of piperidine rings is 1. The minimum absolute atomic E-state index is 0.0756. The van der Waals surface area contributed by atoms with Crippen molar-refractivity contribution in [2.45, 2.75) is 38.3 Å². The Balaban J connectivity index is 1.98. The Labute approximate surface area is 119 Å². The maximum Gasteiger partial charge on any atom is 0.241 e. The molecule has 1 amide bonds. The van der Waals surface area contributed by atoms with E-state index in [1.54, 1.807) is 18.2 Å². The van der Waals surface area contributed by atoms with E-state index < -0.39 is 5.60 Å². The molecule has 1 saturated heterocycles. The van der Waals surface area contributed by atoms with Crippen molar-refractivity contribution in [3.63, 3.8) is 0 Å². The Morgan fingerprint density at radius 3 is 2.95 bits per heavy atom. The zero-order chi connectivity index (χ0) is 14.8. The topological polar surface area (TPSA) is 78.6 Å². The monoisotopic (exact) mass is 277 g/mol. The van der Waals surface area contributed by atoms with Crippen LogP contribution in [-0.2, 0) is 4.79 Å². The zero-order valence-electron chi connectivity index (χ0n) is 12.1. The quantitative estimate of drug-likeness (QED) is 0.731. The summed E-state index contributed by atoms with van der Waals surface area (Å²) in [5, 5.41) is 13.0. The number of amides is 1. The normalized spacial score (nSPS) is 25.1. The first kappa shape index (κ1) is 14.8. The van der Waals surface area contributed by atoms with Gasteiger partial charge in [0.05, 0.1) is 11.6 Å². The van der Waals surface area contributed by atoms with Gasteiger partial charge in [-0.2, -0.15) is 0 Å². The van der Waals surface area contributed by atoms with Gasteiger partial charge in [0.2, 0.25) is 5.91 Å². The molecule has 1 fully saturated rings. The minimum Gasteiger partial charge on any atom is -0.399 e. The Bertz CT molecular complexity index is 488. The standard InChI is InChI=1S/C15H23N3O2/c1-11(18-8-4-7-15(2,20)10-18)14(19)17-13-6-3-5-12(16)9-13/h3,5-6,9,11,20H,4,7-8,10,16H2,1-2H3,(H,17,19). The van der Waals surface area contributed by atoms with Gasteiger partial charge in [0.1, 0.15) is 0 Å². The number of nitrogens with one attached hydrogen (secondary N) is 1. The molecule has 2 unspecified atom stereocenters. The molecule has 110 valence electrons. The predicted octanol–water partition coefficient (Wildman–Crippen LogP) is 1.44. The lowest BCUT2D eigenvalue weighted by Crippen LogP contribution is -2.52. The van der Waals surface area contributed by atoms with E-state index in [4.69, 9.17) is 5.73 Å². The summed E-state index contributed by atoms with van der Waals surface area (Å²) >= 11 is 0. The minimum atomic E-state index is -0.704. The van der Waals surface area contributed by atoms with Crippen LogP contribution in [0.3, 0.4) is 0 Å². The average molecular weight is 277 g/mol. The molecule has 4 N–H and O–H groups in total. The third kappa shape index (κ3) is 3.71. The van der Waals surface area contributed by atoms with E-state index in [2.05, 4.69) is 5.32 Å². The smallest absolute Gasteiger partial charge is 0.241 e. The molecule has 5 nitrogen and oxygen atoms in total. The van der Waals surface area contributed by atoms with Crippen molar-refractivity contribution in [1.29, 1.82) is 0 Å². The van der Waals surface area contributed by atoms with Crippen LogP contribution in [0.25, 0.3) is 0 Å². The van der Waals surface area contributed by atoms with Crippen molar-refractivity contribution in [3.8, 4) is 0 Å². The lowest BCUT2D eigenvalue weighted by Gasteiger charge is -2.39. The number of hydrogen-bond acceptors (Lipinski definition) is 4. The van der Waals surface area contributed by atoms with E-state index in [1.165, 1.54) is 0 Å². The summed E-state index contributed by atoms with van der Waals surface area (Å²) in [6, 6.07) is 6.86. The first-order valence-electron chi connectivity index (χ1n) is 7.00. The van der Waals surface area contributed by atoms with Gasteiger partial charge < -0.3 is 16.2 Å². The number of benzene rings is 1. The van der Waals surface area contributed by atoms with Gasteiger partial charge in [-0.15, -0.1) is 0 Å². The van der Waals surface area contributed by atoms with Crippen molar-refractivity contribution >= 4 is 17.3 Å². The molecule has 1 aromatic carbocycles. The lowest BCUT2D eigenvalue weighted by atomic mass is 9.94. The number of nitrogen functional groups attached to an aromatic ring is 1. The number of carbonyl (C=O) groups is 1. The van der Waals surface area contributed by atoms with Crippen LogP contribution in [0.1, 0.15) is 26.7 Å². The molecule has 20 heavy (non-hydrogen) atoms. The van der Waals surface area contributed by atoms with Crippen LogP contribution in [0, 0.1) is 0 Å². The number of rotatable bonds is 3. The summed E-state index contributed by atoms with van der Waals surface area (Å²) in [6.45, 7) is 5.05. The summed E-state index contributed by atoms with van der Waals surface area (Å²) in [7, 11) is 0. The predicted molar refractivity (Wildman–Crippen MR) is 80.4 cm³/mol. The highest BCUT2D eigenvalue weighted by molar-refractivity contribution is 5.94. The van der Waals surface area contributed by atoms with E-state index in [1.807, 2.05) is 24.8 Å². The van der Waals surface area contributed by atoms with Gasteiger partial charge in [-0.25, -0.2) is 0 Å². The van der Waals surface area contributed by atoms with Crippen LogP contribution in [0.5, 0.6) is 0 Å². The molecule has 2 atom stereocenters. The second-order valence-electron chi connectivity index (χ2n) is 5.86. The highest BCUT2D eigenvalue weighted by Gasteiger charge is 2.32. The summed E-state index contributed by atoms with van der Waals surface area (Å²) in [5.41, 5.74) is 6.31. The molecule has 0 aromatic heterocycles. The van der Waals surface area contributed by atoms with E-state index >= 15 is 0 Å². The van der Waals surface area contributed by atoms with Crippen LogP contribution < -0.4 is 11.1 Å². The maximum atomic E-state index is 12.3. The number of hydrogen-bond donors (Lipinski definition) is 3. The molecular weight excluding hydrogens is 254 g/mol. The van der Waals surface area contributed by atoms with Gasteiger partial charge in [0.15, 0.2) is 0 Å². The third-order valence-electron chi connectivity index (χ3n) is 3.79. The summed E-state index contributed by atoms with van der Waals surface area (Å²) in [6.07, 6.45) is 1.69. The van der Waals surface area contributed by atoms with Crippen LogP contribution in [0.2, 0.25) is 0 Å². The third-order valence-corrected chi connectivity index (χ3v) is 3.79. The largest absolute Gasteiger partial charge is 0.399 e. The van der Waals surface area contributed by atoms with Crippen LogP contribution >= 0.6 is 0 Å².